The SMILES string of the molecule is Cc1cc(-n2c(C)cc(C(=O)NCCCCN)c2C)no1.Cl. The van der Waals surface area contributed by atoms with Crippen LogP contribution in [0.4, 0.5) is 0 Å². The molecule has 2 aromatic rings. The number of aromatic nitrogens is 2. The Labute approximate surface area is 136 Å². The molecule has 1 amide bonds. The van der Waals surface area contributed by atoms with Gasteiger partial charge in [-0.25, -0.2) is 0 Å². The maximum absolute atomic E-state index is 12.2. The number of unbranched alkanes of at least 4 members (excludes halogenated alkanes) is 1. The molecule has 7 heteroatoms. The van der Waals surface area contributed by atoms with Crippen molar-refractivity contribution < 1.29 is 9.32 Å². The van der Waals surface area contributed by atoms with Gasteiger partial charge >= 0.3 is 0 Å². The fraction of sp³-hybridized carbons (Fsp3) is 0.467. The minimum atomic E-state index is -0.0633. The number of carbonyl (C=O) groups is 1. The molecular weight excluding hydrogens is 304 g/mol. The molecule has 0 spiro atoms. The van der Waals surface area contributed by atoms with Crippen LogP contribution in [0.3, 0.4) is 0 Å². The number of rotatable bonds is 6. The van der Waals surface area contributed by atoms with E-state index in [1.54, 1.807) is 0 Å². The third-order valence-corrected chi connectivity index (χ3v) is 3.44. The Morgan fingerprint density at radius 2 is 2.05 bits per heavy atom. The molecule has 0 aromatic carbocycles. The summed E-state index contributed by atoms with van der Waals surface area (Å²) in [5, 5.41) is 6.93. The third kappa shape index (κ3) is 3.90. The fourth-order valence-corrected chi connectivity index (χ4v) is 2.37. The summed E-state index contributed by atoms with van der Waals surface area (Å²) < 4.78 is 7.03. The molecule has 2 rings (SSSR count). The molecule has 0 fully saturated rings. The Morgan fingerprint density at radius 1 is 1.32 bits per heavy atom. The second-order valence-electron chi connectivity index (χ2n) is 5.17. The zero-order chi connectivity index (χ0) is 15.4. The van der Waals surface area contributed by atoms with E-state index in [9.17, 15) is 4.79 Å². The molecule has 0 atom stereocenters. The van der Waals surface area contributed by atoms with Crippen molar-refractivity contribution in [3.63, 3.8) is 0 Å². The van der Waals surface area contributed by atoms with Gasteiger partial charge in [0.25, 0.3) is 5.91 Å². The number of nitrogens with zero attached hydrogens (tertiary/aromatic N) is 2. The first-order valence-corrected chi connectivity index (χ1v) is 7.15. The number of nitrogens with one attached hydrogen (secondary N) is 1. The third-order valence-electron chi connectivity index (χ3n) is 3.44. The van der Waals surface area contributed by atoms with Gasteiger partial charge in [-0.3, -0.25) is 9.36 Å². The average molecular weight is 327 g/mol. The highest BCUT2D eigenvalue weighted by Gasteiger charge is 2.17. The van der Waals surface area contributed by atoms with Gasteiger partial charge < -0.3 is 15.6 Å². The first-order valence-electron chi connectivity index (χ1n) is 7.15. The Hall–Kier alpha value is -1.79. The number of hydrogen-bond donors (Lipinski definition) is 2. The van der Waals surface area contributed by atoms with E-state index in [2.05, 4.69) is 10.5 Å². The predicted octanol–water partition coefficient (Wildman–Crippen LogP) is 2.28. The van der Waals surface area contributed by atoms with E-state index >= 15 is 0 Å². The van der Waals surface area contributed by atoms with Crippen LogP contribution in [0, 0.1) is 20.8 Å². The Morgan fingerprint density at radius 3 is 2.64 bits per heavy atom. The molecule has 122 valence electrons. The monoisotopic (exact) mass is 326 g/mol. The maximum Gasteiger partial charge on any atom is 0.253 e. The van der Waals surface area contributed by atoms with Crippen molar-refractivity contribution in [2.24, 2.45) is 5.73 Å². The number of halogens is 1. The highest BCUT2D eigenvalue weighted by molar-refractivity contribution is 5.95. The first-order chi connectivity index (χ1) is 10.0. The van der Waals surface area contributed by atoms with Crippen LogP contribution in [-0.4, -0.2) is 28.7 Å². The van der Waals surface area contributed by atoms with Crippen molar-refractivity contribution in [1.82, 2.24) is 15.0 Å². The standard InChI is InChI=1S/C15H22N4O2.ClH/c1-10-8-13(15(20)17-7-5-4-6-16)12(3)19(10)14-9-11(2)21-18-14;/h8-9H,4-7,16H2,1-3H3,(H,17,20);1H. The molecule has 0 aliphatic heterocycles. The zero-order valence-corrected chi connectivity index (χ0v) is 14.0. The Bertz CT molecular complexity index is 634. The van der Waals surface area contributed by atoms with Gasteiger partial charge in [0.15, 0.2) is 5.82 Å². The molecule has 0 aliphatic carbocycles. The number of carbonyl (C=O) groups excluding carboxylic acids is 1. The van der Waals surface area contributed by atoms with Crippen LogP contribution in [0.1, 0.15) is 40.3 Å². The molecule has 0 unspecified atom stereocenters. The van der Waals surface area contributed by atoms with Gasteiger partial charge in [-0.15, -0.1) is 12.4 Å². The van der Waals surface area contributed by atoms with Crippen LogP contribution in [0.5, 0.6) is 0 Å². The molecule has 2 heterocycles. The normalized spacial score (nSPS) is 10.4. The van der Waals surface area contributed by atoms with Gasteiger partial charge in [-0.2, -0.15) is 0 Å². The molecule has 0 radical (unpaired) electrons. The van der Waals surface area contributed by atoms with Crippen LogP contribution in [-0.2, 0) is 0 Å². The van der Waals surface area contributed by atoms with E-state index in [-0.39, 0.29) is 18.3 Å². The first kappa shape index (κ1) is 18.3. The molecular formula is C15H23ClN4O2. The largest absolute Gasteiger partial charge is 0.360 e. The minimum absolute atomic E-state index is 0. The van der Waals surface area contributed by atoms with Crippen LogP contribution in [0.15, 0.2) is 16.7 Å². The lowest BCUT2D eigenvalue weighted by atomic mass is 10.2. The van der Waals surface area contributed by atoms with Crippen molar-refractivity contribution in [3.8, 4) is 5.82 Å². The maximum atomic E-state index is 12.2. The smallest absolute Gasteiger partial charge is 0.253 e. The van der Waals surface area contributed by atoms with Crippen LogP contribution in [0.2, 0.25) is 0 Å². The van der Waals surface area contributed by atoms with Crippen molar-refractivity contribution in [3.05, 3.63) is 34.8 Å². The fourth-order valence-electron chi connectivity index (χ4n) is 2.37. The van der Waals surface area contributed by atoms with E-state index < -0.39 is 0 Å². The number of amides is 1. The summed E-state index contributed by atoms with van der Waals surface area (Å²) in [5.41, 5.74) is 7.92. The summed E-state index contributed by atoms with van der Waals surface area (Å²) in [5.74, 6) is 1.38. The van der Waals surface area contributed by atoms with Crippen molar-refractivity contribution >= 4 is 18.3 Å². The molecule has 6 nitrogen and oxygen atoms in total. The highest BCUT2D eigenvalue weighted by Crippen LogP contribution is 2.20. The van der Waals surface area contributed by atoms with Crippen LogP contribution >= 0.6 is 12.4 Å². The van der Waals surface area contributed by atoms with Gasteiger partial charge in [0.05, 0.1) is 5.56 Å². The molecule has 0 saturated carbocycles. The molecule has 3 N–H and O–H groups in total. The summed E-state index contributed by atoms with van der Waals surface area (Å²) in [6.45, 7) is 6.99. The quantitative estimate of drug-likeness (QED) is 0.797. The second kappa shape index (κ2) is 8.00. The second-order valence-corrected chi connectivity index (χ2v) is 5.17. The Balaban J connectivity index is 0.00000242. The van der Waals surface area contributed by atoms with Gasteiger partial charge in [-0.1, -0.05) is 5.16 Å². The summed E-state index contributed by atoms with van der Waals surface area (Å²) in [4.78, 5) is 12.2. The molecule has 0 saturated heterocycles. The van der Waals surface area contributed by atoms with E-state index in [1.165, 1.54) is 0 Å². The molecule has 22 heavy (non-hydrogen) atoms. The van der Waals surface area contributed by atoms with Crippen molar-refractivity contribution in [1.29, 1.82) is 0 Å². The van der Waals surface area contributed by atoms with E-state index in [4.69, 9.17) is 10.3 Å². The lowest BCUT2D eigenvalue weighted by Crippen LogP contribution is -2.25. The lowest BCUT2D eigenvalue weighted by molar-refractivity contribution is 0.0952. The van der Waals surface area contributed by atoms with Gasteiger partial charge in [0.2, 0.25) is 0 Å². The molecule has 2 aromatic heterocycles. The van der Waals surface area contributed by atoms with Crippen molar-refractivity contribution in [2.75, 3.05) is 13.1 Å². The van der Waals surface area contributed by atoms with Crippen LogP contribution in [0.25, 0.3) is 5.82 Å². The van der Waals surface area contributed by atoms with Crippen molar-refractivity contribution in [2.45, 2.75) is 33.6 Å². The van der Waals surface area contributed by atoms with Gasteiger partial charge in [0.1, 0.15) is 5.76 Å². The lowest BCUT2D eigenvalue weighted by Gasteiger charge is -2.06. The predicted molar refractivity (Wildman–Crippen MR) is 87.9 cm³/mol. The van der Waals surface area contributed by atoms with E-state index in [0.29, 0.717) is 24.5 Å². The molecule has 0 aliphatic rings. The zero-order valence-electron chi connectivity index (χ0n) is 13.2. The summed E-state index contributed by atoms with van der Waals surface area (Å²) in [6, 6.07) is 3.72. The Kier molecular flexibility index (Phi) is 6.64. The van der Waals surface area contributed by atoms with Crippen LogP contribution < -0.4 is 11.1 Å². The number of hydrogen-bond acceptors (Lipinski definition) is 4. The average Bonchev–Trinajstić information content (AvgIpc) is 2.98. The van der Waals surface area contributed by atoms with Gasteiger partial charge in [-0.05, 0) is 46.2 Å². The topological polar surface area (TPSA) is 86.1 Å². The summed E-state index contributed by atoms with van der Waals surface area (Å²) in [6.07, 6.45) is 1.81. The van der Waals surface area contributed by atoms with Gasteiger partial charge in [0, 0.05) is 24.0 Å². The number of nitrogens with two attached hydrogens (primary N) is 1. The van der Waals surface area contributed by atoms with E-state index in [0.717, 1.165) is 30.0 Å². The number of aryl methyl sites for hydroxylation is 2. The minimum Gasteiger partial charge on any atom is -0.360 e. The summed E-state index contributed by atoms with van der Waals surface area (Å²) >= 11 is 0. The summed E-state index contributed by atoms with van der Waals surface area (Å²) in [7, 11) is 0. The highest BCUT2D eigenvalue weighted by atomic mass is 35.5. The van der Waals surface area contributed by atoms with E-state index in [1.807, 2.05) is 37.5 Å². The molecule has 0 bridgehead atoms.